The van der Waals surface area contributed by atoms with Crippen LogP contribution in [0.25, 0.3) is 0 Å². The quantitative estimate of drug-likeness (QED) is 0.838. The Morgan fingerprint density at radius 3 is 2.74 bits per heavy atom. The predicted octanol–water partition coefficient (Wildman–Crippen LogP) is 2.25. The first kappa shape index (κ1) is 18.0. The molecule has 0 spiro atoms. The Hall–Kier alpha value is -1.33. The van der Waals surface area contributed by atoms with Crippen LogP contribution >= 0.6 is 12.4 Å². The van der Waals surface area contributed by atoms with Crippen LogP contribution in [0.3, 0.4) is 0 Å². The first-order chi connectivity index (χ1) is 10.6. The number of nitrogens with one attached hydrogen (secondary N) is 1. The van der Waals surface area contributed by atoms with Gasteiger partial charge in [-0.25, -0.2) is 0 Å². The molecule has 1 aromatic rings. The fraction of sp³-hybridized carbons (Fsp3) is 0.647. The van der Waals surface area contributed by atoms with Gasteiger partial charge in [0.05, 0.1) is 0 Å². The van der Waals surface area contributed by atoms with Crippen LogP contribution in [0.15, 0.2) is 23.9 Å². The molecule has 1 amide bonds. The van der Waals surface area contributed by atoms with Gasteiger partial charge in [0.1, 0.15) is 5.69 Å². The van der Waals surface area contributed by atoms with Crippen molar-refractivity contribution >= 4 is 18.3 Å². The molecule has 1 aromatic heterocycles. The van der Waals surface area contributed by atoms with Crippen LogP contribution in [0.5, 0.6) is 0 Å². The summed E-state index contributed by atoms with van der Waals surface area (Å²) in [7, 11) is 1.81. The lowest BCUT2D eigenvalue weighted by Gasteiger charge is -2.19. The molecule has 1 saturated heterocycles. The minimum atomic E-state index is 0. The third kappa shape index (κ3) is 4.15. The van der Waals surface area contributed by atoms with Crippen LogP contribution in [0.1, 0.15) is 37.2 Å². The number of hydrogen-bond acceptors (Lipinski definition) is 3. The molecule has 2 fully saturated rings. The van der Waals surface area contributed by atoms with Crippen LogP contribution in [-0.4, -0.2) is 46.3 Å². The topological polar surface area (TPSA) is 50.2 Å². The van der Waals surface area contributed by atoms with Crippen molar-refractivity contribution in [2.24, 2.45) is 18.9 Å². The van der Waals surface area contributed by atoms with E-state index in [-0.39, 0.29) is 24.4 Å². The molecule has 5 nitrogen and oxygen atoms in total. The number of aromatic nitrogens is 2. The molecule has 1 saturated carbocycles. The normalized spacial score (nSPS) is 25.3. The number of allylic oxidation sites excluding steroid dienone is 1. The van der Waals surface area contributed by atoms with Crippen molar-refractivity contribution in [3.05, 3.63) is 29.6 Å². The monoisotopic (exact) mass is 338 g/mol. The van der Waals surface area contributed by atoms with Crippen molar-refractivity contribution in [2.75, 3.05) is 19.6 Å². The van der Waals surface area contributed by atoms with E-state index in [2.05, 4.69) is 35.2 Å². The van der Waals surface area contributed by atoms with Crippen molar-refractivity contribution < 1.29 is 4.79 Å². The van der Waals surface area contributed by atoms with Gasteiger partial charge in [-0.05, 0) is 44.6 Å². The molecule has 1 aliphatic heterocycles. The highest BCUT2D eigenvalue weighted by Crippen LogP contribution is 2.41. The van der Waals surface area contributed by atoms with E-state index in [1.807, 2.05) is 7.05 Å². The molecule has 2 atom stereocenters. The van der Waals surface area contributed by atoms with Crippen LogP contribution < -0.4 is 5.32 Å². The molecule has 23 heavy (non-hydrogen) atoms. The number of halogens is 1. The number of likely N-dealkylation sites (tertiary alicyclic amines) is 1. The van der Waals surface area contributed by atoms with Crippen molar-refractivity contribution in [2.45, 2.75) is 32.7 Å². The highest BCUT2D eigenvalue weighted by atomic mass is 35.5. The highest BCUT2D eigenvalue weighted by molar-refractivity contribution is 5.92. The van der Waals surface area contributed by atoms with Gasteiger partial charge in [-0.3, -0.25) is 14.4 Å². The Morgan fingerprint density at radius 1 is 1.43 bits per heavy atom. The molecule has 6 heteroatoms. The zero-order valence-electron chi connectivity index (χ0n) is 14.2. The molecule has 3 rings (SSSR count). The summed E-state index contributed by atoms with van der Waals surface area (Å²) >= 11 is 0. The number of nitrogens with zero attached hydrogens (tertiary/aromatic N) is 3. The van der Waals surface area contributed by atoms with E-state index in [0.29, 0.717) is 11.6 Å². The van der Waals surface area contributed by atoms with Crippen molar-refractivity contribution in [1.29, 1.82) is 0 Å². The van der Waals surface area contributed by atoms with Crippen molar-refractivity contribution in [3.8, 4) is 0 Å². The van der Waals surface area contributed by atoms with Gasteiger partial charge in [0, 0.05) is 38.9 Å². The SMILES string of the molecule is C/C=C(\C)CN1C[C@H](NC(=O)c2ccnn2C)[C@@H](C2CC2)C1.Cl. The lowest BCUT2D eigenvalue weighted by molar-refractivity contribution is 0.0918. The van der Waals surface area contributed by atoms with E-state index in [4.69, 9.17) is 0 Å². The van der Waals surface area contributed by atoms with Gasteiger partial charge in [0.25, 0.3) is 5.91 Å². The van der Waals surface area contributed by atoms with Crippen molar-refractivity contribution in [3.63, 3.8) is 0 Å². The van der Waals surface area contributed by atoms with E-state index >= 15 is 0 Å². The van der Waals surface area contributed by atoms with Crippen LogP contribution in [0, 0.1) is 11.8 Å². The van der Waals surface area contributed by atoms with Gasteiger partial charge in [-0.2, -0.15) is 5.10 Å². The zero-order chi connectivity index (χ0) is 15.7. The lowest BCUT2D eigenvalue weighted by atomic mass is 9.98. The fourth-order valence-corrected chi connectivity index (χ4v) is 3.48. The third-order valence-corrected chi connectivity index (χ3v) is 5.00. The average Bonchev–Trinajstić information content (AvgIpc) is 3.13. The van der Waals surface area contributed by atoms with E-state index in [1.54, 1.807) is 16.9 Å². The maximum Gasteiger partial charge on any atom is 0.269 e. The lowest BCUT2D eigenvalue weighted by Crippen LogP contribution is -2.41. The summed E-state index contributed by atoms with van der Waals surface area (Å²) < 4.78 is 1.64. The summed E-state index contributed by atoms with van der Waals surface area (Å²) in [4.78, 5) is 14.9. The minimum Gasteiger partial charge on any atom is -0.346 e. The van der Waals surface area contributed by atoms with Gasteiger partial charge in [-0.15, -0.1) is 12.4 Å². The first-order valence-electron chi connectivity index (χ1n) is 8.21. The second-order valence-electron chi connectivity index (χ2n) is 6.75. The Balaban J connectivity index is 0.00000192. The zero-order valence-corrected chi connectivity index (χ0v) is 15.0. The number of carbonyl (C=O) groups is 1. The number of amides is 1. The Labute approximate surface area is 144 Å². The molecule has 0 aromatic carbocycles. The molecule has 0 bridgehead atoms. The van der Waals surface area contributed by atoms with Crippen molar-refractivity contribution in [1.82, 2.24) is 20.0 Å². The van der Waals surface area contributed by atoms with E-state index in [9.17, 15) is 4.79 Å². The third-order valence-electron chi connectivity index (χ3n) is 5.00. The first-order valence-corrected chi connectivity index (χ1v) is 8.21. The second-order valence-corrected chi connectivity index (χ2v) is 6.75. The predicted molar refractivity (Wildman–Crippen MR) is 93.8 cm³/mol. The van der Waals surface area contributed by atoms with E-state index in [1.165, 1.54) is 18.4 Å². The molecule has 0 radical (unpaired) electrons. The van der Waals surface area contributed by atoms with Crippen LogP contribution in [0.2, 0.25) is 0 Å². The average molecular weight is 339 g/mol. The number of hydrogen-bond donors (Lipinski definition) is 1. The smallest absolute Gasteiger partial charge is 0.269 e. The van der Waals surface area contributed by atoms with Gasteiger partial charge >= 0.3 is 0 Å². The molecular formula is C17H27ClN4O. The Morgan fingerprint density at radius 2 is 2.17 bits per heavy atom. The summed E-state index contributed by atoms with van der Waals surface area (Å²) in [5.74, 6) is 1.40. The Bertz CT molecular complexity index is 579. The maximum atomic E-state index is 12.5. The molecule has 1 aliphatic carbocycles. The van der Waals surface area contributed by atoms with E-state index < -0.39 is 0 Å². The highest BCUT2D eigenvalue weighted by Gasteiger charge is 2.43. The largest absolute Gasteiger partial charge is 0.346 e. The van der Waals surface area contributed by atoms with Gasteiger partial charge < -0.3 is 5.32 Å². The van der Waals surface area contributed by atoms with Crippen LogP contribution in [0.4, 0.5) is 0 Å². The summed E-state index contributed by atoms with van der Waals surface area (Å²) in [5.41, 5.74) is 2.03. The fourth-order valence-electron chi connectivity index (χ4n) is 3.48. The standard InChI is InChI=1S/C17H26N4O.ClH/c1-4-12(2)9-21-10-14(13-5-6-13)15(11-21)19-17(22)16-7-8-18-20(16)3;/h4,7-8,13-15H,5-6,9-11H2,1-3H3,(H,19,22);1H/b12-4+;/t14-,15+;/m1./s1. The molecule has 0 unspecified atom stereocenters. The molecular weight excluding hydrogens is 312 g/mol. The number of carbonyl (C=O) groups excluding carboxylic acids is 1. The minimum absolute atomic E-state index is 0. The summed E-state index contributed by atoms with van der Waals surface area (Å²) in [6.45, 7) is 7.33. The van der Waals surface area contributed by atoms with Gasteiger partial charge in [-0.1, -0.05) is 11.6 Å². The second kappa shape index (κ2) is 7.49. The van der Waals surface area contributed by atoms with E-state index in [0.717, 1.165) is 25.6 Å². The molecule has 2 aliphatic rings. The Kier molecular flexibility index (Phi) is 5.87. The number of rotatable bonds is 5. The summed E-state index contributed by atoms with van der Waals surface area (Å²) in [6, 6.07) is 2.04. The molecule has 1 N–H and O–H groups in total. The summed E-state index contributed by atoms with van der Waals surface area (Å²) in [5, 5.41) is 7.34. The van der Waals surface area contributed by atoms with Gasteiger partial charge in [0.2, 0.25) is 0 Å². The van der Waals surface area contributed by atoms with Gasteiger partial charge in [0.15, 0.2) is 0 Å². The van der Waals surface area contributed by atoms with Crippen LogP contribution in [-0.2, 0) is 7.05 Å². The molecule has 128 valence electrons. The summed E-state index contributed by atoms with van der Waals surface area (Å²) in [6.07, 6.45) is 6.48. The maximum absolute atomic E-state index is 12.5. The molecule has 2 heterocycles. The number of aryl methyl sites for hydroxylation is 1.